The highest BCUT2D eigenvalue weighted by Gasteiger charge is 2.20. The van der Waals surface area contributed by atoms with Crippen LogP contribution in [0.1, 0.15) is 67.7 Å². The van der Waals surface area contributed by atoms with Gasteiger partial charge in [-0.3, -0.25) is 0 Å². The summed E-state index contributed by atoms with van der Waals surface area (Å²) >= 11 is 0. The number of hydrogen-bond donors (Lipinski definition) is 1. The van der Waals surface area contributed by atoms with Gasteiger partial charge in [-0.1, -0.05) is 61.4 Å². The number of aryl methyl sites for hydroxylation is 2. The first kappa shape index (κ1) is 13.6. The summed E-state index contributed by atoms with van der Waals surface area (Å²) in [7, 11) is 0. The minimum absolute atomic E-state index is 0.238. The predicted octanol–water partition coefficient (Wildman–Crippen LogP) is 4.66. The molecular formula is C17H27N. The number of nitrogens with two attached hydrogens (primary N) is 1. The molecule has 1 nitrogen and oxygen atoms in total. The second kappa shape index (κ2) is 6.38. The second-order valence-electron chi connectivity index (χ2n) is 6.05. The Kier molecular flexibility index (Phi) is 4.82. The average molecular weight is 245 g/mol. The van der Waals surface area contributed by atoms with Crippen molar-refractivity contribution in [3.63, 3.8) is 0 Å². The van der Waals surface area contributed by atoms with E-state index in [1.54, 1.807) is 0 Å². The van der Waals surface area contributed by atoms with Gasteiger partial charge in [-0.25, -0.2) is 0 Å². The van der Waals surface area contributed by atoms with Crippen LogP contribution in [0, 0.1) is 19.8 Å². The maximum atomic E-state index is 6.53. The Balaban J connectivity index is 2.10. The summed E-state index contributed by atoms with van der Waals surface area (Å²) in [4.78, 5) is 0. The predicted molar refractivity (Wildman–Crippen MR) is 78.7 cm³/mol. The van der Waals surface area contributed by atoms with Crippen molar-refractivity contribution >= 4 is 0 Å². The highest BCUT2D eigenvalue weighted by molar-refractivity contribution is 5.30. The lowest BCUT2D eigenvalue weighted by atomic mass is 9.83. The second-order valence-corrected chi connectivity index (χ2v) is 6.05. The number of rotatable bonds is 2. The highest BCUT2D eigenvalue weighted by atomic mass is 14.7. The lowest BCUT2D eigenvalue weighted by Gasteiger charge is -2.26. The van der Waals surface area contributed by atoms with Crippen molar-refractivity contribution in [2.75, 3.05) is 0 Å². The van der Waals surface area contributed by atoms with Crippen LogP contribution >= 0.6 is 0 Å². The topological polar surface area (TPSA) is 26.0 Å². The zero-order valence-corrected chi connectivity index (χ0v) is 11.9. The van der Waals surface area contributed by atoms with Gasteiger partial charge in [0, 0.05) is 6.04 Å². The molecule has 1 aromatic rings. The number of benzene rings is 1. The van der Waals surface area contributed by atoms with Gasteiger partial charge in [0.1, 0.15) is 0 Å². The van der Waals surface area contributed by atoms with E-state index in [1.807, 2.05) is 0 Å². The summed E-state index contributed by atoms with van der Waals surface area (Å²) in [6.45, 7) is 4.34. The SMILES string of the molecule is Cc1cc(C)cc(C(N)C2CCCCCCC2)c1. The zero-order chi connectivity index (χ0) is 13.0. The highest BCUT2D eigenvalue weighted by Crippen LogP contribution is 2.32. The molecule has 0 saturated heterocycles. The molecular weight excluding hydrogens is 218 g/mol. The van der Waals surface area contributed by atoms with E-state index in [0.29, 0.717) is 5.92 Å². The molecule has 1 fully saturated rings. The van der Waals surface area contributed by atoms with E-state index in [4.69, 9.17) is 5.73 Å². The fraction of sp³-hybridized carbons (Fsp3) is 0.647. The van der Waals surface area contributed by atoms with Gasteiger partial charge in [0.2, 0.25) is 0 Å². The Labute approximate surface area is 112 Å². The van der Waals surface area contributed by atoms with Crippen molar-refractivity contribution in [2.45, 2.75) is 64.8 Å². The van der Waals surface area contributed by atoms with Crippen molar-refractivity contribution in [3.8, 4) is 0 Å². The van der Waals surface area contributed by atoms with Crippen molar-refractivity contribution in [1.82, 2.24) is 0 Å². The first-order chi connectivity index (χ1) is 8.66. The summed E-state index contributed by atoms with van der Waals surface area (Å²) in [6, 6.07) is 7.02. The van der Waals surface area contributed by atoms with E-state index in [9.17, 15) is 0 Å². The van der Waals surface area contributed by atoms with Gasteiger partial charge in [0.15, 0.2) is 0 Å². The summed E-state index contributed by atoms with van der Waals surface area (Å²) in [5, 5.41) is 0. The quantitative estimate of drug-likeness (QED) is 0.805. The van der Waals surface area contributed by atoms with E-state index in [1.165, 1.54) is 61.6 Å². The van der Waals surface area contributed by atoms with E-state index in [0.717, 1.165) is 0 Å². The Morgan fingerprint density at radius 3 is 1.94 bits per heavy atom. The van der Waals surface area contributed by atoms with Gasteiger partial charge in [-0.2, -0.15) is 0 Å². The minimum Gasteiger partial charge on any atom is -0.324 e. The molecule has 100 valence electrons. The van der Waals surface area contributed by atoms with E-state index in [2.05, 4.69) is 32.0 Å². The largest absolute Gasteiger partial charge is 0.324 e. The maximum absolute atomic E-state index is 6.53. The molecule has 0 aromatic heterocycles. The molecule has 0 spiro atoms. The monoisotopic (exact) mass is 245 g/mol. The van der Waals surface area contributed by atoms with Crippen LogP contribution < -0.4 is 5.73 Å². The third-order valence-electron chi connectivity index (χ3n) is 4.29. The Bertz CT molecular complexity index is 355. The van der Waals surface area contributed by atoms with Crippen LogP contribution in [0.25, 0.3) is 0 Å². The lowest BCUT2D eigenvalue weighted by Crippen LogP contribution is -2.22. The fourth-order valence-electron chi connectivity index (χ4n) is 3.32. The summed E-state index contributed by atoms with van der Waals surface area (Å²) < 4.78 is 0. The molecule has 0 amide bonds. The van der Waals surface area contributed by atoms with Crippen LogP contribution in [0.4, 0.5) is 0 Å². The van der Waals surface area contributed by atoms with Gasteiger partial charge < -0.3 is 5.73 Å². The van der Waals surface area contributed by atoms with Crippen LogP contribution in [0.3, 0.4) is 0 Å². The van der Waals surface area contributed by atoms with E-state index < -0.39 is 0 Å². The zero-order valence-electron chi connectivity index (χ0n) is 11.9. The van der Waals surface area contributed by atoms with Crippen molar-refractivity contribution < 1.29 is 0 Å². The van der Waals surface area contributed by atoms with Crippen LogP contribution in [0.15, 0.2) is 18.2 Å². The van der Waals surface area contributed by atoms with Crippen LogP contribution in [0.2, 0.25) is 0 Å². The Hall–Kier alpha value is -0.820. The van der Waals surface area contributed by atoms with Crippen molar-refractivity contribution in [1.29, 1.82) is 0 Å². The molecule has 1 aliphatic carbocycles. The molecule has 1 saturated carbocycles. The standard InChI is InChI=1S/C17H27N/c1-13-10-14(2)12-16(11-13)17(18)15-8-6-4-3-5-7-9-15/h10-12,15,17H,3-9,18H2,1-2H3. The van der Waals surface area contributed by atoms with Gasteiger partial charge in [0.25, 0.3) is 0 Å². The van der Waals surface area contributed by atoms with Crippen molar-refractivity contribution in [2.24, 2.45) is 11.7 Å². The van der Waals surface area contributed by atoms with E-state index in [-0.39, 0.29) is 6.04 Å². The normalized spacial score (nSPS) is 20.2. The molecule has 0 heterocycles. The van der Waals surface area contributed by atoms with Crippen LogP contribution in [0.5, 0.6) is 0 Å². The van der Waals surface area contributed by atoms with Gasteiger partial charge in [0.05, 0.1) is 0 Å². The van der Waals surface area contributed by atoms with Gasteiger partial charge >= 0.3 is 0 Å². The fourth-order valence-corrected chi connectivity index (χ4v) is 3.32. The molecule has 2 N–H and O–H groups in total. The molecule has 2 rings (SSSR count). The molecule has 18 heavy (non-hydrogen) atoms. The first-order valence-corrected chi connectivity index (χ1v) is 7.50. The third-order valence-corrected chi connectivity index (χ3v) is 4.29. The minimum atomic E-state index is 0.238. The molecule has 1 heteroatoms. The Morgan fingerprint density at radius 2 is 1.39 bits per heavy atom. The summed E-state index contributed by atoms with van der Waals surface area (Å²) in [5.41, 5.74) is 10.6. The molecule has 0 aliphatic heterocycles. The first-order valence-electron chi connectivity index (χ1n) is 7.50. The number of hydrogen-bond acceptors (Lipinski definition) is 1. The molecule has 0 bridgehead atoms. The maximum Gasteiger partial charge on any atom is 0.0323 e. The third kappa shape index (κ3) is 3.58. The van der Waals surface area contributed by atoms with Crippen LogP contribution in [-0.2, 0) is 0 Å². The summed E-state index contributed by atoms with van der Waals surface area (Å²) in [5.74, 6) is 0.687. The Morgan fingerprint density at radius 1 is 0.889 bits per heavy atom. The molecule has 0 radical (unpaired) electrons. The molecule has 1 aliphatic rings. The average Bonchev–Trinajstić information content (AvgIpc) is 2.26. The van der Waals surface area contributed by atoms with E-state index >= 15 is 0 Å². The molecule has 1 aromatic carbocycles. The molecule has 1 unspecified atom stereocenters. The molecule has 1 atom stereocenters. The van der Waals surface area contributed by atoms with Gasteiger partial charge in [-0.15, -0.1) is 0 Å². The van der Waals surface area contributed by atoms with Crippen molar-refractivity contribution in [3.05, 3.63) is 34.9 Å². The van der Waals surface area contributed by atoms with Gasteiger partial charge in [-0.05, 0) is 38.2 Å². The summed E-state index contributed by atoms with van der Waals surface area (Å²) in [6.07, 6.45) is 9.58. The lowest BCUT2D eigenvalue weighted by molar-refractivity contribution is 0.327. The smallest absolute Gasteiger partial charge is 0.0323 e. The van der Waals surface area contributed by atoms with Crippen LogP contribution in [-0.4, -0.2) is 0 Å².